The van der Waals surface area contributed by atoms with Gasteiger partial charge in [0.1, 0.15) is 0 Å². The largest absolute Gasteiger partial charge is 0.309 e. The first kappa shape index (κ1) is 34.0. The molecule has 0 unspecified atom stereocenters. The van der Waals surface area contributed by atoms with Crippen LogP contribution in [0.25, 0.3) is 120 Å². The average molecular weight is 796 g/mol. The molecule has 0 radical (unpaired) electrons. The molecule has 0 atom stereocenters. The van der Waals surface area contributed by atoms with Crippen LogP contribution in [-0.4, -0.2) is 24.1 Å². The van der Waals surface area contributed by atoms with Gasteiger partial charge in [-0.05, 0) is 93.3 Å². The predicted molar refractivity (Wildman–Crippen MR) is 255 cm³/mol. The van der Waals surface area contributed by atoms with E-state index in [1.807, 2.05) is 12.4 Å². The van der Waals surface area contributed by atoms with Gasteiger partial charge in [0.2, 0.25) is 5.95 Å². The van der Waals surface area contributed by atoms with Crippen molar-refractivity contribution < 1.29 is 0 Å². The first-order chi connectivity index (χ1) is 30.2. The molecule has 13 rings (SSSR count). The van der Waals surface area contributed by atoms with Crippen molar-refractivity contribution in [1.82, 2.24) is 24.1 Å². The molecule has 0 N–H and O–H groups in total. The number of rotatable bonds is 5. The van der Waals surface area contributed by atoms with Gasteiger partial charge in [-0.1, -0.05) is 127 Å². The molecule has 0 bridgehead atoms. The molecule has 284 valence electrons. The molecule has 0 fully saturated rings. The lowest BCUT2D eigenvalue weighted by Gasteiger charge is -2.12. The van der Waals surface area contributed by atoms with Crippen molar-refractivity contribution in [2.24, 2.45) is 0 Å². The Kier molecular flexibility index (Phi) is 7.41. The van der Waals surface area contributed by atoms with Gasteiger partial charge < -0.3 is 4.57 Å². The minimum atomic E-state index is 0.645. The lowest BCUT2D eigenvalue weighted by atomic mass is 9.98. The monoisotopic (exact) mass is 795 g/mol. The van der Waals surface area contributed by atoms with Gasteiger partial charge in [0.05, 0.1) is 38.0 Å². The lowest BCUT2D eigenvalue weighted by Crippen LogP contribution is -2.02. The zero-order valence-corrected chi connectivity index (χ0v) is 33.5. The third-order valence-electron chi connectivity index (χ3n) is 12.2. The van der Waals surface area contributed by atoms with Gasteiger partial charge in [-0.25, -0.2) is 9.97 Å². The zero-order chi connectivity index (χ0) is 40.0. The average Bonchev–Trinajstić information content (AvgIpc) is 4.01. The van der Waals surface area contributed by atoms with Crippen molar-refractivity contribution >= 4 is 86.7 Å². The number of thiophene rings is 1. The molecule has 0 saturated carbocycles. The predicted octanol–water partition coefficient (Wildman–Crippen LogP) is 14.6. The molecule has 6 heteroatoms. The molecule has 5 heterocycles. The third-order valence-corrected chi connectivity index (χ3v) is 13.4. The van der Waals surface area contributed by atoms with E-state index in [1.165, 1.54) is 48.9 Å². The minimum Gasteiger partial charge on any atom is -0.309 e. The van der Waals surface area contributed by atoms with E-state index in [-0.39, 0.29) is 0 Å². The second-order valence-corrected chi connectivity index (χ2v) is 16.7. The van der Waals surface area contributed by atoms with E-state index in [1.54, 1.807) is 11.3 Å². The summed E-state index contributed by atoms with van der Waals surface area (Å²) in [5, 5.41) is 9.67. The summed E-state index contributed by atoms with van der Waals surface area (Å²) in [5.41, 5.74) is 12.0. The number of fused-ring (bicyclic) bond motifs is 10. The Morgan fingerprint density at radius 1 is 0.426 bits per heavy atom. The SMILES string of the molecule is c1ccc(-c2nc(-n3c4ccc(-c5cccc6c7c8ccccc8ccc7n(-c7ccccc7)c56)cc4c4cc5ccccc5cc43)nc3cc(-c4ccncc4)sc23)cc1. The highest BCUT2D eigenvalue weighted by Crippen LogP contribution is 2.44. The highest BCUT2D eigenvalue weighted by molar-refractivity contribution is 7.22. The summed E-state index contributed by atoms with van der Waals surface area (Å²) in [5.74, 6) is 0.645. The van der Waals surface area contributed by atoms with Crippen LogP contribution in [0.15, 0.2) is 200 Å². The van der Waals surface area contributed by atoms with Crippen LogP contribution >= 0.6 is 11.3 Å². The van der Waals surface area contributed by atoms with Crippen LogP contribution in [-0.2, 0) is 0 Å². The van der Waals surface area contributed by atoms with Crippen molar-refractivity contribution in [2.75, 3.05) is 0 Å². The fraction of sp³-hybridized carbons (Fsp3) is 0. The van der Waals surface area contributed by atoms with Crippen LogP contribution in [0.3, 0.4) is 0 Å². The maximum absolute atomic E-state index is 5.46. The van der Waals surface area contributed by atoms with Gasteiger partial charge in [0.15, 0.2) is 0 Å². The molecule has 61 heavy (non-hydrogen) atoms. The van der Waals surface area contributed by atoms with Crippen molar-refractivity contribution in [3.63, 3.8) is 0 Å². The van der Waals surface area contributed by atoms with Crippen molar-refractivity contribution in [2.45, 2.75) is 0 Å². The van der Waals surface area contributed by atoms with Crippen LogP contribution in [0.1, 0.15) is 0 Å². The van der Waals surface area contributed by atoms with E-state index in [4.69, 9.17) is 9.97 Å². The summed E-state index contributed by atoms with van der Waals surface area (Å²) in [7, 11) is 0. The highest BCUT2D eigenvalue weighted by Gasteiger charge is 2.22. The van der Waals surface area contributed by atoms with E-state index in [9.17, 15) is 0 Å². The number of hydrogen-bond donors (Lipinski definition) is 0. The molecular weight excluding hydrogens is 763 g/mol. The van der Waals surface area contributed by atoms with Crippen LogP contribution in [0.2, 0.25) is 0 Å². The zero-order valence-electron chi connectivity index (χ0n) is 32.7. The Balaban J connectivity index is 1.10. The van der Waals surface area contributed by atoms with Gasteiger partial charge in [-0.2, -0.15) is 0 Å². The normalized spacial score (nSPS) is 11.9. The molecule has 0 aliphatic carbocycles. The first-order valence-corrected chi connectivity index (χ1v) is 21.3. The second-order valence-electron chi connectivity index (χ2n) is 15.6. The lowest BCUT2D eigenvalue weighted by molar-refractivity contribution is 1.02. The molecule has 5 aromatic heterocycles. The van der Waals surface area contributed by atoms with Gasteiger partial charge in [0, 0.05) is 55.6 Å². The van der Waals surface area contributed by atoms with Crippen molar-refractivity contribution in [1.29, 1.82) is 0 Å². The van der Waals surface area contributed by atoms with E-state index in [2.05, 4.69) is 202 Å². The number of pyridine rings is 1. The summed E-state index contributed by atoms with van der Waals surface area (Å²) < 4.78 is 5.78. The standard InChI is InChI=1S/C55H33N5S/c1-3-13-36(14-4-1)52-54-46(33-50(61-54)35-26-28-56-29-27-35)57-55(58-52)60-47-24-23-39(31-44(47)45-30-37-15-7-8-16-38(37)32-49(45)60)42-20-11-21-43-51-41-19-10-9-12-34(41)22-25-48(51)59(53(42)43)40-17-5-2-6-18-40/h1-33H. The minimum absolute atomic E-state index is 0.645. The molecule has 0 saturated heterocycles. The van der Waals surface area contributed by atoms with Crippen molar-refractivity contribution in [3.8, 4) is 44.5 Å². The van der Waals surface area contributed by atoms with E-state index in [0.717, 1.165) is 65.0 Å². The van der Waals surface area contributed by atoms with Crippen molar-refractivity contribution in [3.05, 3.63) is 200 Å². The third kappa shape index (κ3) is 5.22. The second kappa shape index (κ2) is 13.3. The van der Waals surface area contributed by atoms with Crippen LogP contribution in [0, 0.1) is 0 Å². The van der Waals surface area contributed by atoms with Crippen LogP contribution in [0.4, 0.5) is 0 Å². The first-order valence-electron chi connectivity index (χ1n) is 20.5. The quantitative estimate of drug-likeness (QED) is 0.174. The molecule has 0 spiro atoms. The Labute approximate surface area is 354 Å². The summed E-state index contributed by atoms with van der Waals surface area (Å²) in [6.45, 7) is 0. The van der Waals surface area contributed by atoms with Gasteiger partial charge in [-0.15, -0.1) is 11.3 Å². The molecule has 8 aromatic carbocycles. The van der Waals surface area contributed by atoms with E-state index in [0.29, 0.717) is 5.95 Å². The maximum atomic E-state index is 5.46. The summed E-state index contributed by atoms with van der Waals surface area (Å²) in [4.78, 5) is 16.3. The van der Waals surface area contributed by atoms with E-state index < -0.39 is 0 Å². The smallest absolute Gasteiger partial charge is 0.235 e. The molecule has 0 aliphatic heterocycles. The topological polar surface area (TPSA) is 48.5 Å². The Bertz CT molecular complexity index is 3860. The molecular formula is C55H33N5S. The van der Waals surface area contributed by atoms with Gasteiger partial charge in [0.25, 0.3) is 0 Å². The number of benzene rings is 8. The van der Waals surface area contributed by atoms with Crippen LogP contribution in [0.5, 0.6) is 0 Å². The number of aromatic nitrogens is 5. The van der Waals surface area contributed by atoms with Crippen LogP contribution < -0.4 is 0 Å². The number of hydrogen-bond acceptors (Lipinski definition) is 4. The van der Waals surface area contributed by atoms with Gasteiger partial charge in [-0.3, -0.25) is 9.55 Å². The fourth-order valence-electron chi connectivity index (χ4n) is 9.47. The molecule has 5 nitrogen and oxygen atoms in total. The fourth-order valence-corrected chi connectivity index (χ4v) is 10.6. The number of nitrogens with zero attached hydrogens (tertiary/aromatic N) is 5. The molecule has 0 amide bonds. The summed E-state index contributed by atoms with van der Waals surface area (Å²) in [6.07, 6.45) is 3.69. The number of para-hydroxylation sites is 2. The summed E-state index contributed by atoms with van der Waals surface area (Å²) in [6, 6.07) is 67.8. The van der Waals surface area contributed by atoms with E-state index >= 15 is 0 Å². The molecule has 0 aliphatic rings. The Hall–Kier alpha value is -7.93. The summed E-state index contributed by atoms with van der Waals surface area (Å²) >= 11 is 1.72. The maximum Gasteiger partial charge on any atom is 0.235 e. The molecule has 13 aromatic rings. The van der Waals surface area contributed by atoms with Gasteiger partial charge >= 0.3 is 0 Å². The Morgan fingerprint density at radius 3 is 1.97 bits per heavy atom. The Morgan fingerprint density at radius 2 is 1.13 bits per heavy atom. The highest BCUT2D eigenvalue weighted by atomic mass is 32.1.